The first-order valence-electron chi connectivity index (χ1n) is 9.05. The standard InChI is InChI=1S/C20H18N6O2/c21-10-16-12-24-26-13-17(11-23-19(16)26)14-3-5-15(6-4-14)20(28)22-7-9-25-8-1-2-18(25)27/h3-6,11-13H,1-2,7-9H2,(H,22,28). The molecule has 140 valence electrons. The Balaban J connectivity index is 1.41. The van der Waals surface area contributed by atoms with Crippen molar-refractivity contribution in [1.82, 2.24) is 24.8 Å². The fourth-order valence-corrected chi connectivity index (χ4v) is 3.26. The summed E-state index contributed by atoms with van der Waals surface area (Å²) in [5, 5.41) is 16.0. The summed E-state index contributed by atoms with van der Waals surface area (Å²) in [4.78, 5) is 29.9. The highest BCUT2D eigenvalue weighted by molar-refractivity contribution is 5.94. The van der Waals surface area contributed by atoms with Crippen LogP contribution in [0.1, 0.15) is 28.8 Å². The molecule has 0 unspecified atom stereocenters. The van der Waals surface area contributed by atoms with Gasteiger partial charge in [-0.15, -0.1) is 0 Å². The minimum absolute atomic E-state index is 0.156. The number of fused-ring (bicyclic) bond motifs is 1. The first-order valence-corrected chi connectivity index (χ1v) is 9.05. The molecule has 1 N–H and O–H groups in total. The number of carbonyl (C=O) groups excluding carboxylic acids is 2. The van der Waals surface area contributed by atoms with Crippen LogP contribution in [0.4, 0.5) is 0 Å². The van der Waals surface area contributed by atoms with Gasteiger partial charge < -0.3 is 10.2 Å². The second kappa shape index (κ2) is 7.48. The Bertz CT molecular complexity index is 1080. The van der Waals surface area contributed by atoms with Gasteiger partial charge in [0.1, 0.15) is 11.6 Å². The summed E-state index contributed by atoms with van der Waals surface area (Å²) in [5.74, 6) is -0.0132. The minimum Gasteiger partial charge on any atom is -0.350 e. The summed E-state index contributed by atoms with van der Waals surface area (Å²) in [5.41, 5.74) is 3.21. The van der Waals surface area contributed by atoms with Gasteiger partial charge in [0.25, 0.3) is 5.91 Å². The van der Waals surface area contributed by atoms with E-state index in [1.807, 2.05) is 12.1 Å². The van der Waals surface area contributed by atoms with Crippen LogP contribution in [0.15, 0.2) is 42.9 Å². The zero-order valence-corrected chi connectivity index (χ0v) is 15.1. The van der Waals surface area contributed by atoms with E-state index in [-0.39, 0.29) is 11.8 Å². The smallest absolute Gasteiger partial charge is 0.251 e. The minimum atomic E-state index is -0.169. The van der Waals surface area contributed by atoms with Gasteiger partial charge in [-0.1, -0.05) is 12.1 Å². The Morgan fingerprint density at radius 1 is 1.21 bits per heavy atom. The molecule has 4 rings (SSSR count). The molecule has 0 aliphatic carbocycles. The number of hydrogen-bond acceptors (Lipinski definition) is 5. The monoisotopic (exact) mass is 374 g/mol. The Labute approximate surface area is 161 Å². The Morgan fingerprint density at radius 3 is 2.75 bits per heavy atom. The van der Waals surface area contributed by atoms with Gasteiger partial charge in [-0.3, -0.25) is 9.59 Å². The number of hydrogen-bond donors (Lipinski definition) is 1. The van der Waals surface area contributed by atoms with Crippen molar-refractivity contribution in [3.05, 3.63) is 54.0 Å². The lowest BCUT2D eigenvalue weighted by molar-refractivity contribution is -0.127. The zero-order valence-electron chi connectivity index (χ0n) is 15.1. The van der Waals surface area contributed by atoms with E-state index in [2.05, 4.69) is 21.5 Å². The molecule has 0 radical (unpaired) electrons. The molecule has 0 saturated carbocycles. The molecule has 1 aliphatic rings. The van der Waals surface area contributed by atoms with Crippen LogP contribution in [0.25, 0.3) is 16.8 Å². The number of aromatic nitrogens is 3. The highest BCUT2D eigenvalue weighted by atomic mass is 16.2. The lowest BCUT2D eigenvalue weighted by atomic mass is 10.1. The summed E-state index contributed by atoms with van der Waals surface area (Å²) < 4.78 is 1.56. The molecule has 0 bridgehead atoms. The molecule has 0 spiro atoms. The maximum absolute atomic E-state index is 12.3. The number of rotatable bonds is 5. The van der Waals surface area contributed by atoms with Crippen LogP contribution in [0.3, 0.4) is 0 Å². The van der Waals surface area contributed by atoms with Gasteiger partial charge in [0.05, 0.1) is 6.20 Å². The van der Waals surface area contributed by atoms with Crippen LogP contribution >= 0.6 is 0 Å². The summed E-state index contributed by atoms with van der Waals surface area (Å²) >= 11 is 0. The molecule has 0 atom stereocenters. The number of benzene rings is 1. The second-order valence-corrected chi connectivity index (χ2v) is 6.60. The molecule has 8 heteroatoms. The van der Waals surface area contributed by atoms with E-state index >= 15 is 0 Å². The van der Waals surface area contributed by atoms with Crippen molar-refractivity contribution >= 4 is 17.5 Å². The van der Waals surface area contributed by atoms with Crippen LogP contribution in [0, 0.1) is 11.3 Å². The van der Waals surface area contributed by atoms with Gasteiger partial charge in [0, 0.05) is 49.6 Å². The van der Waals surface area contributed by atoms with E-state index in [0.29, 0.717) is 36.3 Å². The molecular weight excluding hydrogens is 356 g/mol. The first-order chi connectivity index (χ1) is 13.7. The summed E-state index contributed by atoms with van der Waals surface area (Å²) in [6.07, 6.45) is 6.46. The molecule has 3 aromatic rings. The van der Waals surface area contributed by atoms with Gasteiger partial charge in [-0.25, -0.2) is 9.50 Å². The van der Waals surface area contributed by atoms with Crippen LogP contribution in [0.2, 0.25) is 0 Å². The highest BCUT2D eigenvalue weighted by Crippen LogP contribution is 2.20. The Kier molecular flexibility index (Phi) is 4.72. The number of nitrogens with zero attached hydrogens (tertiary/aromatic N) is 5. The molecular formula is C20H18N6O2. The summed E-state index contributed by atoms with van der Waals surface area (Å²) in [6, 6.07) is 9.24. The number of likely N-dealkylation sites (tertiary alicyclic amines) is 1. The van der Waals surface area contributed by atoms with Gasteiger partial charge in [0.2, 0.25) is 5.91 Å². The van der Waals surface area contributed by atoms with Gasteiger partial charge >= 0.3 is 0 Å². The quantitative estimate of drug-likeness (QED) is 0.731. The molecule has 1 aliphatic heterocycles. The predicted octanol–water partition coefficient (Wildman–Crippen LogP) is 1.62. The maximum atomic E-state index is 12.3. The van der Waals surface area contributed by atoms with Crippen LogP contribution < -0.4 is 5.32 Å². The fraction of sp³-hybridized carbons (Fsp3) is 0.250. The third-order valence-corrected chi connectivity index (χ3v) is 4.80. The van der Waals surface area contributed by atoms with E-state index in [4.69, 9.17) is 5.26 Å². The molecule has 1 aromatic carbocycles. The lowest BCUT2D eigenvalue weighted by Gasteiger charge is -2.15. The number of amides is 2. The molecule has 1 fully saturated rings. The predicted molar refractivity (Wildman–Crippen MR) is 101 cm³/mol. The fourth-order valence-electron chi connectivity index (χ4n) is 3.26. The van der Waals surface area contributed by atoms with Crippen molar-refractivity contribution in [2.24, 2.45) is 0 Å². The van der Waals surface area contributed by atoms with Gasteiger partial charge in [-0.05, 0) is 24.1 Å². The Hall–Kier alpha value is -3.73. The third kappa shape index (κ3) is 3.42. The first kappa shape index (κ1) is 17.7. The third-order valence-electron chi connectivity index (χ3n) is 4.80. The van der Waals surface area contributed by atoms with Crippen molar-refractivity contribution in [1.29, 1.82) is 5.26 Å². The van der Waals surface area contributed by atoms with E-state index < -0.39 is 0 Å². The number of nitrogens with one attached hydrogen (secondary N) is 1. The topological polar surface area (TPSA) is 103 Å². The van der Waals surface area contributed by atoms with E-state index in [1.54, 1.807) is 33.9 Å². The normalized spacial score (nSPS) is 13.7. The molecule has 28 heavy (non-hydrogen) atoms. The number of carbonyl (C=O) groups is 2. The average Bonchev–Trinajstić information content (AvgIpc) is 3.33. The Morgan fingerprint density at radius 2 is 2.04 bits per heavy atom. The SMILES string of the molecule is N#Cc1cnn2cc(-c3ccc(C(=O)NCCN4CCCC4=O)cc3)cnc12. The van der Waals surface area contributed by atoms with Crippen molar-refractivity contribution in [2.75, 3.05) is 19.6 Å². The zero-order chi connectivity index (χ0) is 19.5. The largest absolute Gasteiger partial charge is 0.350 e. The lowest BCUT2D eigenvalue weighted by Crippen LogP contribution is -2.35. The maximum Gasteiger partial charge on any atom is 0.251 e. The van der Waals surface area contributed by atoms with E-state index in [1.165, 1.54) is 6.20 Å². The molecule has 2 aromatic heterocycles. The molecule has 2 amide bonds. The second-order valence-electron chi connectivity index (χ2n) is 6.60. The van der Waals surface area contributed by atoms with Gasteiger partial charge in [0.15, 0.2) is 5.65 Å². The highest BCUT2D eigenvalue weighted by Gasteiger charge is 2.19. The number of nitriles is 1. The van der Waals surface area contributed by atoms with Crippen molar-refractivity contribution in [2.45, 2.75) is 12.8 Å². The van der Waals surface area contributed by atoms with E-state index in [0.717, 1.165) is 24.1 Å². The van der Waals surface area contributed by atoms with Crippen molar-refractivity contribution < 1.29 is 9.59 Å². The summed E-state index contributed by atoms with van der Waals surface area (Å²) in [6.45, 7) is 1.75. The van der Waals surface area contributed by atoms with Crippen molar-refractivity contribution in [3.63, 3.8) is 0 Å². The summed E-state index contributed by atoms with van der Waals surface area (Å²) in [7, 11) is 0. The molecule has 8 nitrogen and oxygen atoms in total. The van der Waals surface area contributed by atoms with Crippen LogP contribution in [-0.2, 0) is 4.79 Å². The van der Waals surface area contributed by atoms with Gasteiger partial charge in [-0.2, -0.15) is 10.4 Å². The van der Waals surface area contributed by atoms with Crippen LogP contribution in [-0.4, -0.2) is 50.9 Å². The van der Waals surface area contributed by atoms with E-state index in [9.17, 15) is 9.59 Å². The molecule has 3 heterocycles. The molecule has 1 saturated heterocycles. The average molecular weight is 374 g/mol. The van der Waals surface area contributed by atoms with Crippen LogP contribution in [0.5, 0.6) is 0 Å². The van der Waals surface area contributed by atoms with Crippen molar-refractivity contribution in [3.8, 4) is 17.2 Å².